The molecule has 1 aliphatic rings. The second-order valence-electron chi connectivity index (χ2n) is 3.87. The van der Waals surface area contributed by atoms with Crippen LogP contribution in [0.4, 0.5) is 4.79 Å². The van der Waals surface area contributed by atoms with E-state index >= 15 is 0 Å². The minimum atomic E-state index is -1.02. The Morgan fingerprint density at radius 2 is 1.94 bits per heavy atom. The van der Waals surface area contributed by atoms with E-state index in [2.05, 4.69) is 10.6 Å². The van der Waals surface area contributed by atoms with Gasteiger partial charge in [0.2, 0.25) is 5.91 Å². The molecule has 0 heterocycles. The second-order valence-corrected chi connectivity index (χ2v) is 3.87. The van der Waals surface area contributed by atoms with E-state index in [1.54, 1.807) is 0 Å². The van der Waals surface area contributed by atoms with Gasteiger partial charge in [-0.15, -0.1) is 0 Å². The molecule has 0 bridgehead atoms. The van der Waals surface area contributed by atoms with Gasteiger partial charge in [-0.25, -0.2) is 4.79 Å². The largest absolute Gasteiger partial charge is 0.465 e. The van der Waals surface area contributed by atoms with Gasteiger partial charge in [-0.2, -0.15) is 5.26 Å². The minimum Gasteiger partial charge on any atom is -0.465 e. The lowest BCUT2D eigenvalue weighted by molar-refractivity contribution is -0.125. The molecule has 0 unspecified atom stereocenters. The molecule has 0 radical (unpaired) electrons. The van der Waals surface area contributed by atoms with Gasteiger partial charge in [-0.3, -0.25) is 4.79 Å². The fraction of sp³-hybridized carbons (Fsp3) is 0.700. The number of amides is 2. The van der Waals surface area contributed by atoms with E-state index in [0.717, 1.165) is 0 Å². The Morgan fingerprint density at radius 1 is 1.31 bits per heavy atom. The molecule has 1 fully saturated rings. The number of nitrogens with zero attached hydrogens (tertiary/aromatic N) is 1. The molecule has 16 heavy (non-hydrogen) atoms. The molecule has 88 valence electrons. The molecule has 3 N–H and O–H groups in total. The van der Waals surface area contributed by atoms with Crippen molar-refractivity contribution in [3.05, 3.63) is 0 Å². The number of carbonyl (C=O) groups is 2. The molecule has 0 spiro atoms. The zero-order valence-corrected chi connectivity index (χ0v) is 8.90. The Balaban J connectivity index is 2.29. The van der Waals surface area contributed by atoms with E-state index in [0.29, 0.717) is 25.7 Å². The number of rotatable bonds is 3. The van der Waals surface area contributed by atoms with Gasteiger partial charge in [0.15, 0.2) is 0 Å². The third-order valence-electron chi connectivity index (χ3n) is 2.77. The van der Waals surface area contributed by atoms with E-state index in [9.17, 15) is 9.59 Å². The van der Waals surface area contributed by atoms with Gasteiger partial charge in [0, 0.05) is 12.0 Å². The van der Waals surface area contributed by atoms with E-state index in [4.69, 9.17) is 10.4 Å². The van der Waals surface area contributed by atoms with Crippen LogP contribution >= 0.6 is 0 Å². The first-order chi connectivity index (χ1) is 7.63. The lowest BCUT2D eigenvalue weighted by Crippen LogP contribution is -2.40. The lowest BCUT2D eigenvalue weighted by Gasteiger charge is -2.27. The molecule has 0 aliphatic heterocycles. The first kappa shape index (κ1) is 12.3. The number of hydrogen-bond donors (Lipinski definition) is 3. The van der Waals surface area contributed by atoms with Gasteiger partial charge < -0.3 is 15.7 Å². The van der Waals surface area contributed by atoms with Crippen molar-refractivity contribution in [3.63, 3.8) is 0 Å². The van der Waals surface area contributed by atoms with E-state index in [1.807, 2.05) is 6.07 Å². The molecule has 6 nitrogen and oxygen atoms in total. The molecule has 0 saturated heterocycles. The maximum atomic E-state index is 11.5. The number of hydrogen-bond acceptors (Lipinski definition) is 3. The van der Waals surface area contributed by atoms with Crippen molar-refractivity contribution in [1.82, 2.24) is 10.6 Å². The minimum absolute atomic E-state index is 0.0339. The van der Waals surface area contributed by atoms with Crippen molar-refractivity contribution in [2.75, 3.05) is 6.54 Å². The Hall–Kier alpha value is -1.77. The average molecular weight is 225 g/mol. The molecular weight excluding hydrogens is 210 g/mol. The SMILES string of the molecule is N#CCNC(=O)C1CCC(NC(=O)O)CC1. The van der Waals surface area contributed by atoms with Crippen molar-refractivity contribution in [1.29, 1.82) is 5.26 Å². The third kappa shape index (κ3) is 3.77. The highest BCUT2D eigenvalue weighted by molar-refractivity contribution is 5.78. The summed E-state index contributed by atoms with van der Waals surface area (Å²) in [6.07, 6.45) is 1.68. The second kappa shape index (κ2) is 5.95. The number of carboxylic acid groups (broad SMARTS) is 1. The topological polar surface area (TPSA) is 102 Å². The Bertz CT molecular complexity index is 303. The Kier molecular flexibility index (Phi) is 4.58. The van der Waals surface area contributed by atoms with Crippen LogP contribution in [0.3, 0.4) is 0 Å². The number of carbonyl (C=O) groups excluding carboxylic acids is 1. The maximum Gasteiger partial charge on any atom is 0.404 e. The van der Waals surface area contributed by atoms with Crippen LogP contribution in [-0.4, -0.2) is 29.7 Å². The van der Waals surface area contributed by atoms with Crippen LogP contribution in [0.5, 0.6) is 0 Å². The average Bonchev–Trinajstić information content (AvgIpc) is 2.26. The summed E-state index contributed by atoms with van der Waals surface area (Å²) in [5.41, 5.74) is 0. The summed E-state index contributed by atoms with van der Waals surface area (Å²) >= 11 is 0. The zero-order chi connectivity index (χ0) is 12.0. The van der Waals surface area contributed by atoms with Crippen LogP contribution in [0.2, 0.25) is 0 Å². The smallest absolute Gasteiger partial charge is 0.404 e. The Morgan fingerprint density at radius 3 is 2.44 bits per heavy atom. The van der Waals surface area contributed by atoms with Gasteiger partial charge in [-0.05, 0) is 25.7 Å². The molecular formula is C10H15N3O3. The van der Waals surface area contributed by atoms with Crippen molar-refractivity contribution >= 4 is 12.0 Å². The molecule has 0 aromatic carbocycles. The summed E-state index contributed by atoms with van der Waals surface area (Å²) in [4.78, 5) is 21.9. The van der Waals surface area contributed by atoms with Crippen molar-refractivity contribution < 1.29 is 14.7 Å². The molecule has 0 aromatic heterocycles. The maximum absolute atomic E-state index is 11.5. The van der Waals surface area contributed by atoms with Crippen LogP contribution in [0, 0.1) is 17.2 Å². The summed E-state index contributed by atoms with van der Waals surface area (Å²) in [7, 11) is 0. The molecule has 1 saturated carbocycles. The monoisotopic (exact) mass is 225 g/mol. The Labute approximate surface area is 93.6 Å². The molecule has 6 heteroatoms. The van der Waals surface area contributed by atoms with Gasteiger partial charge >= 0.3 is 6.09 Å². The van der Waals surface area contributed by atoms with E-state index < -0.39 is 6.09 Å². The standard InChI is InChI=1S/C10H15N3O3/c11-5-6-12-9(14)7-1-3-8(4-2-7)13-10(15)16/h7-8,13H,1-4,6H2,(H,12,14)(H,15,16). The molecule has 0 atom stereocenters. The van der Waals surface area contributed by atoms with Gasteiger partial charge in [0.05, 0.1) is 6.07 Å². The molecule has 0 aromatic rings. The van der Waals surface area contributed by atoms with E-state index in [1.165, 1.54) is 0 Å². The number of nitrogens with one attached hydrogen (secondary N) is 2. The quantitative estimate of drug-likeness (QED) is 0.607. The first-order valence-electron chi connectivity index (χ1n) is 5.27. The van der Waals surface area contributed by atoms with Crippen molar-refractivity contribution in [2.45, 2.75) is 31.7 Å². The van der Waals surface area contributed by atoms with Crippen LogP contribution in [0.1, 0.15) is 25.7 Å². The zero-order valence-electron chi connectivity index (χ0n) is 8.90. The highest BCUT2D eigenvalue weighted by Crippen LogP contribution is 2.24. The summed E-state index contributed by atoms with van der Waals surface area (Å²) in [5, 5.41) is 21.8. The summed E-state index contributed by atoms with van der Waals surface area (Å²) in [5.74, 6) is -0.185. The fourth-order valence-corrected chi connectivity index (χ4v) is 1.95. The normalized spacial score (nSPS) is 24.2. The lowest BCUT2D eigenvalue weighted by atomic mass is 9.85. The highest BCUT2D eigenvalue weighted by atomic mass is 16.4. The van der Waals surface area contributed by atoms with Crippen molar-refractivity contribution in [2.24, 2.45) is 5.92 Å². The third-order valence-corrected chi connectivity index (χ3v) is 2.77. The van der Waals surface area contributed by atoms with Gasteiger partial charge in [0.25, 0.3) is 0 Å². The summed E-state index contributed by atoms with van der Waals surface area (Å²) < 4.78 is 0. The van der Waals surface area contributed by atoms with Crippen LogP contribution in [0.15, 0.2) is 0 Å². The summed E-state index contributed by atoms with van der Waals surface area (Å²) in [6, 6.07) is 1.81. The number of nitriles is 1. The van der Waals surface area contributed by atoms with Crippen LogP contribution < -0.4 is 10.6 Å². The van der Waals surface area contributed by atoms with E-state index in [-0.39, 0.29) is 24.4 Å². The van der Waals surface area contributed by atoms with Crippen molar-refractivity contribution in [3.8, 4) is 6.07 Å². The van der Waals surface area contributed by atoms with Gasteiger partial charge in [-0.1, -0.05) is 0 Å². The van der Waals surface area contributed by atoms with Gasteiger partial charge in [0.1, 0.15) is 6.54 Å². The summed E-state index contributed by atoms with van der Waals surface area (Å²) in [6.45, 7) is 0.0339. The fourth-order valence-electron chi connectivity index (χ4n) is 1.95. The molecule has 1 rings (SSSR count). The van der Waals surface area contributed by atoms with Crippen LogP contribution in [-0.2, 0) is 4.79 Å². The molecule has 1 aliphatic carbocycles. The molecule has 2 amide bonds. The van der Waals surface area contributed by atoms with Crippen LogP contribution in [0.25, 0.3) is 0 Å². The predicted molar refractivity (Wildman–Crippen MR) is 55.5 cm³/mol. The highest BCUT2D eigenvalue weighted by Gasteiger charge is 2.26. The predicted octanol–water partition coefficient (Wildman–Crippen LogP) is 0.453. The first-order valence-corrected chi connectivity index (χ1v) is 5.27.